The summed E-state index contributed by atoms with van der Waals surface area (Å²) in [7, 11) is 5.43. The van der Waals surface area contributed by atoms with Gasteiger partial charge < -0.3 is 20.1 Å². The Morgan fingerprint density at radius 1 is 1.60 bits per heavy atom. The van der Waals surface area contributed by atoms with Crippen molar-refractivity contribution in [3.8, 4) is 0 Å². The number of nitrogens with zero attached hydrogens (tertiary/aromatic N) is 3. The van der Waals surface area contributed by atoms with Crippen molar-refractivity contribution in [3.63, 3.8) is 0 Å². The van der Waals surface area contributed by atoms with Crippen molar-refractivity contribution in [2.24, 2.45) is 0 Å². The summed E-state index contributed by atoms with van der Waals surface area (Å²) in [4.78, 5) is 14.1. The second-order valence-electron chi connectivity index (χ2n) is 4.68. The molecule has 20 heavy (non-hydrogen) atoms. The topological polar surface area (TPSA) is 79.6 Å². The Labute approximate surface area is 126 Å². The normalized spacial score (nSPS) is 12.7. The van der Waals surface area contributed by atoms with Crippen LogP contribution in [0, 0.1) is 0 Å². The molecule has 7 nitrogen and oxygen atoms in total. The lowest BCUT2D eigenvalue weighted by Gasteiger charge is -2.18. The van der Waals surface area contributed by atoms with Crippen LogP contribution in [0.3, 0.4) is 0 Å². The van der Waals surface area contributed by atoms with E-state index in [2.05, 4.69) is 26.3 Å². The van der Waals surface area contributed by atoms with Gasteiger partial charge in [0.15, 0.2) is 0 Å². The maximum absolute atomic E-state index is 12.1. The number of halogens is 1. The number of rotatable bonds is 8. The van der Waals surface area contributed by atoms with E-state index in [1.54, 1.807) is 13.3 Å². The molecule has 1 rings (SSSR count). The fourth-order valence-corrected chi connectivity index (χ4v) is 2.00. The zero-order valence-electron chi connectivity index (χ0n) is 12.0. The molecule has 1 atom stereocenters. The second kappa shape index (κ2) is 8.35. The van der Waals surface area contributed by atoms with Crippen molar-refractivity contribution in [2.45, 2.75) is 12.6 Å². The van der Waals surface area contributed by atoms with Crippen LogP contribution in [-0.2, 0) is 11.3 Å². The van der Waals surface area contributed by atoms with Crippen LogP contribution in [-0.4, -0.2) is 66.8 Å². The molecule has 2 N–H and O–H groups in total. The van der Waals surface area contributed by atoms with Gasteiger partial charge in [-0.2, -0.15) is 5.10 Å². The summed E-state index contributed by atoms with van der Waals surface area (Å²) in [5.74, 6) is 0. The highest BCUT2D eigenvalue weighted by molar-refractivity contribution is 9.10. The first kappa shape index (κ1) is 17.1. The van der Waals surface area contributed by atoms with Gasteiger partial charge in [0.2, 0.25) is 0 Å². The molecule has 0 fully saturated rings. The zero-order chi connectivity index (χ0) is 15.1. The molecule has 0 amide bonds. The van der Waals surface area contributed by atoms with Crippen LogP contribution in [0.25, 0.3) is 0 Å². The van der Waals surface area contributed by atoms with Crippen molar-refractivity contribution in [1.29, 1.82) is 0 Å². The number of likely N-dealkylation sites (N-methyl/N-ethyl adjacent to an activating group) is 1. The lowest BCUT2D eigenvalue weighted by Crippen LogP contribution is -2.32. The van der Waals surface area contributed by atoms with E-state index in [0.717, 1.165) is 6.54 Å². The van der Waals surface area contributed by atoms with Gasteiger partial charge in [-0.15, -0.1) is 0 Å². The molecule has 1 aromatic heterocycles. The van der Waals surface area contributed by atoms with E-state index in [0.29, 0.717) is 23.3 Å². The Hall–Kier alpha value is -0.960. The van der Waals surface area contributed by atoms with Gasteiger partial charge in [0.05, 0.1) is 37.7 Å². The molecule has 0 spiro atoms. The van der Waals surface area contributed by atoms with Crippen molar-refractivity contribution in [3.05, 3.63) is 21.0 Å². The highest BCUT2D eigenvalue weighted by atomic mass is 79.9. The first-order valence-electron chi connectivity index (χ1n) is 6.26. The van der Waals surface area contributed by atoms with Crippen LogP contribution in [0.2, 0.25) is 0 Å². The average Bonchev–Trinajstić information content (AvgIpc) is 2.42. The summed E-state index contributed by atoms with van der Waals surface area (Å²) in [5, 5.41) is 16.4. The van der Waals surface area contributed by atoms with Crippen molar-refractivity contribution in [2.75, 3.05) is 46.3 Å². The zero-order valence-corrected chi connectivity index (χ0v) is 13.6. The molecule has 0 bridgehead atoms. The quantitative estimate of drug-likeness (QED) is 0.687. The molecule has 0 aliphatic heterocycles. The third-order valence-electron chi connectivity index (χ3n) is 2.69. The predicted octanol–water partition coefficient (Wildman–Crippen LogP) is -0.0134. The van der Waals surface area contributed by atoms with Crippen LogP contribution in [0.1, 0.15) is 0 Å². The highest BCUT2D eigenvalue weighted by Crippen LogP contribution is 2.17. The van der Waals surface area contributed by atoms with Gasteiger partial charge in [0.25, 0.3) is 5.56 Å². The molecular formula is C12H21BrN4O3. The largest absolute Gasteiger partial charge is 0.394 e. The number of aliphatic hydroxyl groups excluding tert-OH is 1. The number of hydrogen-bond acceptors (Lipinski definition) is 6. The third kappa shape index (κ3) is 4.86. The Morgan fingerprint density at radius 3 is 2.85 bits per heavy atom. The molecule has 1 aromatic rings. The van der Waals surface area contributed by atoms with Gasteiger partial charge in [-0.1, -0.05) is 0 Å². The molecular weight excluding hydrogens is 328 g/mol. The number of aromatic nitrogens is 2. The maximum Gasteiger partial charge on any atom is 0.283 e. The smallest absolute Gasteiger partial charge is 0.283 e. The molecule has 1 heterocycles. The van der Waals surface area contributed by atoms with Crippen LogP contribution in [0.15, 0.2) is 15.5 Å². The summed E-state index contributed by atoms with van der Waals surface area (Å²) in [6, 6.07) is -0.282. The minimum absolute atomic E-state index is 0.0933. The minimum atomic E-state index is -0.282. The average molecular weight is 349 g/mol. The van der Waals surface area contributed by atoms with Gasteiger partial charge >= 0.3 is 0 Å². The fraction of sp³-hybridized carbons (Fsp3) is 0.667. The SMILES string of the molecule is COCC(CO)Nc1cnn(CCN(C)C)c(=O)c1Br. The molecule has 0 saturated carbocycles. The first-order chi connectivity index (χ1) is 9.49. The van der Waals surface area contributed by atoms with Crippen LogP contribution in [0.5, 0.6) is 0 Å². The van der Waals surface area contributed by atoms with Crippen molar-refractivity contribution in [1.82, 2.24) is 14.7 Å². The summed E-state index contributed by atoms with van der Waals surface area (Å²) >= 11 is 3.27. The van der Waals surface area contributed by atoms with Crippen LogP contribution < -0.4 is 10.9 Å². The second-order valence-corrected chi connectivity index (χ2v) is 5.48. The number of nitrogens with one attached hydrogen (secondary N) is 1. The van der Waals surface area contributed by atoms with E-state index in [9.17, 15) is 9.90 Å². The van der Waals surface area contributed by atoms with Gasteiger partial charge in [-0.3, -0.25) is 4.79 Å². The van der Waals surface area contributed by atoms with E-state index < -0.39 is 0 Å². The molecule has 1 unspecified atom stereocenters. The van der Waals surface area contributed by atoms with Crippen LogP contribution in [0.4, 0.5) is 5.69 Å². The van der Waals surface area contributed by atoms with E-state index >= 15 is 0 Å². The number of ether oxygens (including phenoxy) is 1. The molecule has 114 valence electrons. The molecule has 0 aliphatic carbocycles. The van der Waals surface area contributed by atoms with E-state index in [4.69, 9.17) is 4.74 Å². The standard InChI is InChI=1S/C12H21BrN4O3/c1-16(2)4-5-17-12(19)11(13)10(6-14-17)15-9(7-18)8-20-3/h6,9,15,18H,4-5,7-8H2,1-3H3. The first-order valence-corrected chi connectivity index (χ1v) is 7.05. The third-order valence-corrected chi connectivity index (χ3v) is 3.46. The lowest BCUT2D eigenvalue weighted by molar-refractivity contribution is 0.153. The monoisotopic (exact) mass is 348 g/mol. The molecule has 0 radical (unpaired) electrons. The van der Waals surface area contributed by atoms with Crippen molar-refractivity contribution < 1.29 is 9.84 Å². The Bertz CT molecular complexity index is 478. The van der Waals surface area contributed by atoms with E-state index in [1.807, 2.05) is 19.0 Å². The number of methoxy groups -OCH3 is 1. The number of aliphatic hydroxyl groups is 1. The number of anilines is 1. The molecule has 8 heteroatoms. The van der Waals surface area contributed by atoms with E-state index in [1.165, 1.54) is 4.68 Å². The maximum atomic E-state index is 12.1. The Balaban J connectivity index is 2.85. The summed E-state index contributed by atoms with van der Waals surface area (Å²) in [5.41, 5.74) is 0.346. The summed E-state index contributed by atoms with van der Waals surface area (Å²) < 4.78 is 6.78. The van der Waals surface area contributed by atoms with Gasteiger partial charge in [-0.25, -0.2) is 4.68 Å². The summed E-state index contributed by atoms with van der Waals surface area (Å²) in [6.07, 6.45) is 1.57. The number of hydrogen-bond donors (Lipinski definition) is 2. The fourth-order valence-electron chi connectivity index (χ4n) is 1.58. The van der Waals surface area contributed by atoms with Gasteiger partial charge in [0.1, 0.15) is 4.47 Å². The molecule has 0 aliphatic rings. The van der Waals surface area contributed by atoms with Gasteiger partial charge in [-0.05, 0) is 30.0 Å². The lowest BCUT2D eigenvalue weighted by atomic mass is 10.3. The van der Waals surface area contributed by atoms with E-state index in [-0.39, 0.29) is 18.2 Å². The van der Waals surface area contributed by atoms with Crippen LogP contribution >= 0.6 is 15.9 Å². The Kier molecular flexibility index (Phi) is 7.14. The van der Waals surface area contributed by atoms with Crippen molar-refractivity contribution >= 4 is 21.6 Å². The minimum Gasteiger partial charge on any atom is -0.394 e. The highest BCUT2D eigenvalue weighted by Gasteiger charge is 2.13. The predicted molar refractivity (Wildman–Crippen MR) is 81.1 cm³/mol. The van der Waals surface area contributed by atoms with Gasteiger partial charge in [0, 0.05) is 13.7 Å². The molecule has 0 aromatic carbocycles. The Morgan fingerprint density at radius 2 is 2.30 bits per heavy atom. The molecule has 0 saturated heterocycles. The summed E-state index contributed by atoms with van der Waals surface area (Å²) in [6.45, 7) is 1.50.